The van der Waals surface area contributed by atoms with Crippen molar-refractivity contribution in [2.45, 2.75) is 121 Å². The number of carbonyl (C=O) groups excluding carboxylic acids is 1. The lowest BCUT2D eigenvalue weighted by Gasteiger charge is -2.60. The van der Waals surface area contributed by atoms with Crippen LogP contribution in [0, 0.1) is 29.1 Å². The van der Waals surface area contributed by atoms with E-state index in [1.54, 1.807) is 7.11 Å². The molecule has 1 aromatic rings. The number of allylic oxidation sites excluding steroid dienone is 7. The predicted octanol–water partition coefficient (Wildman–Crippen LogP) is 5.66. The molecule has 4 aliphatic rings. The van der Waals surface area contributed by atoms with E-state index in [9.17, 15) is 30.3 Å². The minimum absolute atomic E-state index is 0.000525. The van der Waals surface area contributed by atoms with Crippen molar-refractivity contribution in [3.8, 4) is 0 Å². The Kier molecular flexibility index (Phi) is 15.7. The molecular weight excluding hydrogens is 705 g/mol. The zero-order valence-electron chi connectivity index (χ0n) is 34.4. The number of fused-ring (bicyclic) bond motifs is 3. The Morgan fingerprint density at radius 3 is 2.66 bits per heavy atom. The fourth-order valence-electron chi connectivity index (χ4n) is 11.0. The monoisotopic (exact) mass is 775 g/mol. The summed E-state index contributed by atoms with van der Waals surface area (Å²) in [5.74, 6) is -0.482. The highest BCUT2D eigenvalue weighted by atomic mass is 16.5. The third-order valence-electron chi connectivity index (χ3n) is 14.0. The van der Waals surface area contributed by atoms with E-state index in [-0.39, 0.29) is 42.4 Å². The van der Waals surface area contributed by atoms with Gasteiger partial charge in [0.05, 0.1) is 18.3 Å². The van der Waals surface area contributed by atoms with Crippen molar-refractivity contribution in [3.05, 3.63) is 94.1 Å². The van der Waals surface area contributed by atoms with Crippen molar-refractivity contribution < 1.29 is 35.1 Å². The van der Waals surface area contributed by atoms with Crippen molar-refractivity contribution in [1.29, 1.82) is 0 Å². The molecule has 56 heavy (non-hydrogen) atoms. The van der Waals surface area contributed by atoms with Gasteiger partial charge in [0.25, 0.3) is 0 Å². The maximum absolute atomic E-state index is 12.8. The summed E-state index contributed by atoms with van der Waals surface area (Å²) in [5.41, 5.74) is 4.35. The minimum Gasteiger partial charge on any atom is -0.396 e. The number of ether oxygens (including phenoxy) is 1. The number of nitrogens with one attached hydrogen (secondary N) is 2. The fourth-order valence-corrected chi connectivity index (χ4v) is 11.0. The summed E-state index contributed by atoms with van der Waals surface area (Å²) in [7, 11) is 3.57. The average molecular weight is 775 g/mol. The van der Waals surface area contributed by atoms with Gasteiger partial charge in [-0.05, 0) is 157 Å². The van der Waals surface area contributed by atoms with Crippen LogP contribution in [0.5, 0.6) is 0 Å². The summed E-state index contributed by atoms with van der Waals surface area (Å²) in [6, 6.07) is 8.65. The Morgan fingerprint density at radius 2 is 1.95 bits per heavy atom. The quantitative estimate of drug-likeness (QED) is 0.0681. The number of rotatable bonds is 15. The van der Waals surface area contributed by atoms with Crippen LogP contribution in [0.2, 0.25) is 0 Å². The summed E-state index contributed by atoms with van der Waals surface area (Å²) in [6.45, 7) is 9.52. The van der Waals surface area contributed by atoms with Crippen molar-refractivity contribution >= 4 is 6.29 Å². The number of benzene rings is 1. The van der Waals surface area contributed by atoms with Gasteiger partial charge in [-0.25, -0.2) is 0 Å². The second-order valence-electron chi connectivity index (χ2n) is 17.6. The van der Waals surface area contributed by atoms with Gasteiger partial charge in [-0.15, -0.1) is 0 Å². The van der Waals surface area contributed by atoms with Gasteiger partial charge in [0, 0.05) is 37.2 Å². The highest BCUT2D eigenvalue weighted by molar-refractivity contribution is 5.75. The molecule has 2 fully saturated rings. The van der Waals surface area contributed by atoms with Crippen LogP contribution in [0.4, 0.5) is 0 Å². The molecule has 3 aliphatic carbocycles. The summed E-state index contributed by atoms with van der Waals surface area (Å²) in [4.78, 5) is 12.5. The molecule has 2 bridgehead atoms. The zero-order valence-corrected chi connectivity index (χ0v) is 34.4. The van der Waals surface area contributed by atoms with Crippen LogP contribution in [0.3, 0.4) is 0 Å². The Balaban J connectivity index is 1.42. The van der Waals surface area contributed by atoms with Crippen LogP contribution in [-0.2, 0) is 22.4 Å². The normalized spacial score (nSPS) is 34.2. The number of hydrogen-bond donors (Lipinski definition) is 7. The van der Waals surface area contributed by atoms with Gasteiger partial charge in [-0.2, -0.15) is 0 Å². The highest BCUT2D eigenvalue weighted by Gasteiger charge is 2.67. The van der Waals surface area contributed by atoms with E-state index in [2.05, 4.69) is 54.5 Å². The Bertz CT molecular complexity index is 1630. The lowest BCUT2D eigenvalue weighted by atomic mass is 9.47. The molecule has 9 heteroatoms. The number of carbonyl (C=O) groups is 1. The molecule has 1 aliphatic heterocycles. The molecule has 2 saturated carbocycles. The lowest BCUT2D eigenvalue weighted by Crippen LogP contribution is -2.63. The summed E-state index contributed by atoms with van der Waals surface area (Å²) in [6.07, 6.45) is 15.9. The first-order valence-electron chi connectivity index (χ1n) is 21.1. The Hall–Kier alpha value is -2.73. The van der Waals surface area contributed by atoms with Crippen LogP contribution < -0.4 is 10.6 Å². The van der Waals surface area contributed by atoms with Crippen LogP contribution >= 0.6 is 0 Å². The molecule has 7 N–H and O–H groups in total. The summed E-state index contributed by atoms with van der Waals surface area (Å²) >= 11 is 0. The molecule has 0 amide bonds. The van der Waals surface area contributed by atoms with E-state index in [0.717, 1.165) is 60.7 Å². The second kappa shape index (κ2) is 19.8. The number of hydrogen-bond acceptors (Lipinski definition) is 9. The summed E-state index contributed by atoms with van der Waals surface area (Å²) < 4.78 is 5.40. The maximum atomic E-state index is 12.8. The van der Waals surface area contributed by atoms with Crippen LogP contribution in [0.1, 0.15) is 95.6 Å². The van der Waals surface area contributed by atoms with Gasteiger partial charge >= 0.3 is 0 Å². The lowest BCUT2D eigenvalue weighted by molar-refractivity contribution is -0.190. The van der Waals surface area contributed by atoms with Crippen LogP contribution in [0.15, 0.2) is 83.0 Å². The zero-order chi connectivity index (χ0) is 40.5. The third-order valence-corrected chi connectivity index (χ3v) is 14.0. The molecule has 1 aromatic carbocycles. The molecule has 9 nitrogen and oxygen atoms in total. The van der Waals surface area contributed by atoms with Gasteiger partial charge in [-0.3, -0.25) is 10.1 Å². The SMILES string of the molecule is C=C(C=CC=C(CO)C1CCC2(C(CCCO)C3=C(C=O)CCCC3CC2(O)CCNC)C1O)C1CC=C(C)C(O)NC(C)(CCOC)Cc2cccc(c2)C1. The first kappa shape index (κ1) is 44.4. The van der Waals surface area contributed by atoms with Gasteiger partial charge in [0.2, 0.25) is 0 Å². The molecule has 0 saturated heterocycles. The van der Waals surface area contributed by atoms with Gasteiger partial charge < -0.3 is 35.6 Å². The van der Waals surface area contributed by atoms with Gasteiger partial charge in [0.15, 0.2) is 0 Å². The van der Waals surface area contributed by atoms with Crippen LogP contribution in [-0.4, -0.2) is 95.8 Å². The Morgan fingerprint density at radius 1 is 1.16 bits per heavy atom. The topological polar surface area (TPSA) is 152 Å². The van der Waals surface area contributed by atoms with E-state index in [1.807, 2.05) is 32.2 Å². The molecule has 310 valence electrons. The fraction of sp³-hybridized carbons (Fsp3) is 0.638. The van der Waals surface area contributed by atoms with Gasteiger partial charge in [0.1, 0.15) is 12.5 Å². The first-order valence-corrected chi connectivity index (χ1v) is 21.1. The van der Waals surface area contributed by atoms with E-state index in [4.69, 9.17) is 4.74 Å². The van der Waals surface area contributed by atoms with Gasteiger partial charge in [-0.1, -0.05) is 66.3 Å². The molecular formula is C47H70N2O7. The van der Waals surface area contributed by atoms with E-state index >= 15 is 0 Å². The van der Waals surface area contributed by atoms with E-state index in [1.165, 1.54) is 11.1 Å². The third kappa shape index (κ3) is 9.58. The molecule has 9 unspecified atom stereocenters. The number of aldehydes is 1. The molecule has 9 atom stereocenters. The summed E-state index contributed by atoms with van der Waals surface area (Å²) in [5, 5.41) is 64.1. The van der Waals surface area contributed by atoms with Crippen molar-refractivity contribution in [2.24, 2.45) is 29.1 Å². The van der Waals surface area contributed by atoms with E-state index < -0.39 is 23.3 Å². The maximum Gasteiger partial charge on any atom is 0.145 e. The second-order valence-corrected chi connectivity index (χ2v) is 17.6. The smallest absolute Gasteiger partial charge is 0.145 e. The predicted molar refractivity (Wildman–Crippen MR) is 223 cm³/mol. The Labute approximate surface area is 335 Å². The highest BCUT2D eigenvalue weighted by Crippen LogP contribution is 2.66. The minimum atomic E-state index is -1.18. The largest absolute Gasteiger partial charge is 0.396 e. The molecule has 0 aromatic heterocycles. The average Bonchev–Trinajstić information content (AvgIpc) is 3.53. The standard InChI is InChI=1S/C47H70N2O7/c1-32(36-18-17-33(2)44(54)49-45(3,22-25-56-5)28-35-12-7-11-34(26-35)27-36)10-6-14-38(30-51)40-19-20-47(43(40)53)41(16-9-24-50)42-37(13-8-15-39(42)31-52)29-46(47,55)21-23-48-4/h6-7,10-12,14,17,26,31,36-37,40-41,43-44,48-51,53-55H,1,8-9,13,15-16,18-25,27-30H2,2-5H3. The number of aliphatic hydroxyl groups excluding tert-OH is 4. The molecule has 0 radical (unpaired) electrons. The van der Waals surface area contributed by atoms with Crippen molar-refractivity contribution in [3.63, 3.8) is 0 Å². The van der Waals surface area contributed by atoms with Crippen molar-refractivity contribution in [2.75, 3.05) is 40.5 Å². The number of aliphatic hydroxyl groups is 5. The van der Waals surface area contributed by atoms with E-state index in [0.29, 0.717) is 70.1 Å². The van der Waals surface area contributed by atoms with Crippen LogP contribution in [0.25, 0.3) is 0 Å². The number of methoxy groups -OCH3 is 1. The molecule has 1 heterocycles. The first-order chi connectivity index (χ1) is 26.9. The molecule has 1 spiro atoms. The van der Waals surface area contributed by atoms with Crippen molar-refractivity contribution in [1.82, 2.24) is 10.6 Å². The molecule has 5 rings (SSSR count).